The Bertz CT molecular complexity index is 339. The third-order valence-electron chi connectivity index (χ3n) is 1.33. The highest BCUT2D eigenvalue weighted by Gasteiger charge is 2.20. The zero-order chi connectivity index (χ0) is 10.7. The molecule has 1 atom stereocenters. The van der Waals surface area contributed by atoms with Crippen LogP contribution < -0.4 is 0 Å². The smallest absolute Gasteiger partial charge is 0.349 e. The Morgan fingerprint density at radius 1 is 1.43 bits per heavy atom. The normalized spacial score (nSPS) is 12.5. The van der Waals surface area contributed by atoms with Gasteiger partial charge in [-0.3, -0.25) is 0 Å². The summed E-state index contributed by atoms with van der Waals surface area (Å²) in [4.78, 5) is 10.5. The van der Waals surface area contributed by atoms with Gasteiger partial charge in [0, 0.05) is 4.90 Å². The Morgan fingerprint density at radius 2 is 1.93 bits per heavy atom. The van der Waals surface area contributed by atoms with Gasteiger partial charge in [0.25, 0.3) is 0 Å². The summed E-state index contributed by atoms with van der Waals surface area (Å²) >= 11 is 11.9. The fourth-order valence-corrected chi connectivity index (χ4v) is 2.08. The predicted molar refractivity (Wildman–Crippen MR) is 54.9 cm³/mol. The van der Waals surface area contributed by atoms with E-state index >= 15 is 0 Å². The fraction of sp³-hybridized carbons (Fsp3) is 0.125. The van der Waals surface area contributed by atoms with Crippen LogP contribution in [-0.4, -0.2) is 16.6 Å². The zero-order valence-corrected chi connectivity index (χ0v) is 9.04. The second-order valence-electron chi connectivity index (χ2n) is 2.32. The molecule has 0 heterocycles. The van der Waals surface area contributed by atoms with Crippen molar-refractivity contribution in [3.8, 4) is 0 Å². The highest BCUT2D eigenvalue weighted by molar-refractivity contribution is 8.00. The first-order valence-corrected chi connectivity index (χ1v) is 5.13. The van der Waals surface area contributed by atoms with Gasteiger partial charge in [0.1, 0.15) is 0 Å². The Kier molecular flexibility index (Phi) is 4.04. The predicted octanol–water partition coefficient (Wildman–Crippen LogP) is 3.47. The van der Waals surface area contributed by atoms with E-state index in [1.54, 1.807) is 6.07 Å². The number of carboxylic acids is 1. The van der Waals surface area contributed by atoms with E-state index in [4.69, 9.17) is 28.3 Å². The zero-order valence-electron chi connectivity index (χ0n) is 6.71. The number of hydrogen-bond donors (Lipinski definition) is 1. The summed E-state index contributed by atoms with van der Waals surface area (Å²) in [6, 6.07) is 4.64. The molecule has 0 bridgehead atoms. The van der Waals surface area contributed by atoms with Crippen LogP contribution in [0.4, 0.5) is 4.39 Å². The van der Waals surface area contributed by atoms with Gasteiger partial charge in [-0.2, -0.15) is 0 Å². The molecule has 0 amide bonds. The first-order valence-electron chi connectivity index (χ1n) is 3.50. The molecule has 0 aliphatic carbocycles. The molecule has 0 saturated carbocycles. The van der Waals surface area contributed by atoms with E-state index in [1.807, 2.05) is 0 Å². The second-order valence-corrected chi connectivity index (χ2v) is 4.20. The number of aliphatic carboxylic acids is 1. The first kappa shape index (κ1) is 11.6. The van der Waals surface area contributed by atoms with Crippen LogP contribution in [0.3, 0.4) is 0 Å². The van der Waals surface area contributed by atoms with Gasteiger partial charge in [0.15, 0.2) is 0 Å². The third kappa shape index (κ3) is 2.77. The molecule has 14 heavy (non-hydrogen) atoms. The van der Waals surface area contributed by atoms with Crippen molar-refractivity contribution >= 4 is 40.9 Å². The van der Waals surface area contributed by atoms with Crippen molar-refractivity contribution in [1.29, 1.82) is 0 Å². The van der Waals surface area contributed by atoms with Crippen LogP contribution in [0.2, 0.25) is 10.0 Å². The molecule has 2 nitrogen and oxygen atoms in total. The lowest BCUT2D eigenvalue weighted by Crippen LogP contribution is -2.09. The van der Waals surface area contributed by atoms with Crippen molar-refractivity contribution in [2.24, 2.45) is 0 Å². The minimum atomic E-state index is -2.06. The molecular weight excluding hydrogens is 250 g/mol. The number of carbonyl (C=O) groups is 1. The standard InChI is InChI=1S/C8H5Cl2FO2S/c9-4-2-1-3-5(10)6(4)14-7(11)8(12)13/h1-3,7H,(H,12,13). The molecule has 1 unspecified atom stereocenters. The lowest BCUT2D eigenvalue weighted by atomic mass is 10.4. The third-order valence-corrected chi connectivity index (χ3v) is 3.27. The summed E-state index contributed by atoms with van der Waals surface area (Å²) in [5, 5.41) is 8.83. The summed E-state index contributed by atoms with van der Waals surface area (Å²) in [6.45, 7) is 0. The molecule has 0 spiro atoms. The van der Waals surface area contributed by atoms with Gasteiger partial charge in [-0.1, -0.05) is 41.0 Å². The van der Waals surface area contributed by atoms with E-state index in [-0.39, 0.29) is 14.9 Å². The van der Waals surface area contributed by atoms with Crippen molar-refractivity contribution in [3.05, 3.63) is 28.2 Å². The number of carboxylic acid groups (broad SMARTS) is 1. The average molecular weight is 255 g/mol. The van der Waals surface area contributed by atoms with Crippen LogP contribution in [0.25, 0.3) is 0 Å². The quantitative estimate of drug-likeness (QED) is 0.840. The Hall–Kier alpha value is -0.450. The van der Waals surface area contributed by atoms with E-state index in [0.717, 1.165) is 0 Å². The van der Waals surface area contributed by atoms with E-state index in [9.17, 15) is 9.18 Å². The molecule has 0 saturated heterocycles. The van der Waals surface area contributed by atoms with Gasteiger partial charge in [0.05, 0.1) is 10.0 Å². The molecule has 0 radical (unpaired) electrons. The topological polar surface area (TPSA) is 37.3 Å². The lowest BCUT2D eigenvalue weighted by Gasteiger charge is -2.06. The fourth-order valence-electron chi connectivity index (χ4n) is 0.749. The van der Waals surface area contributed by atoms with Crippen LogP contribution in [0.5, 0.6) is 0 Å². The van der Waals surface area contributed by atoms with Crippen molar-refractivity contribution in [2.45, 2.75) is 10.4 Å². The van der Waals surface area contributed by atoms with Crippen LogP contribution in [0, 0.1) is 0 Å². The highest BCUT2D eigenvalue weighted by Crippen LogP contribution is 2.36. The summed E-state index contributed by atoms with van der Waals surface area (Å²) in [5.41, 5.74) is -2.06. The van der Waals surface area contributed by atoms with Gasteiger partial charge >= 0.3 is 5.97 Å². The molecule has 76 valence electrons. The number of halogens is 3. The minimum Gasteiger partial charge on any atom is -0.478 e. The molecular formula is C8H5Cl2FO2S. The molecule has 6 heteroatoms. The molecule has 1 aromatic rings. The molecule has 0 fully saturated rings. The molecule has 0 aliphatic heterocycles. The van der Waals surface area contributed by atoms with Crippen LogP contribution in [-0.2, 0) is 4.79 Å². The number of rotatable bonds is 3. The first-order chi connectivity index (χ1) is 6.52. The van der Waals surface area contributed by atoms with Gasteiger partial charge in [0.2, 0.25) is 5.50 Å². The maximum absolute atomic E-state index is 12.8. The summed E-state index contributed by atoms with van der Waals surface area (Å²) in [7, 11) is 0. The Morgan fingerprint density at radius 3 is 2.36 bits per heavy atom. The maximum atomic E-state index is 12.8. The Balaban J connectivity index is 2.91. The highest BCUT2D eigenvalue weighted by atomic mass is 35.5. The van der Waals surface area contributed by atoms with Gasteiger partial charge < -0.3 is 5.11 Å². The van der Waals surface area contributed by atoms with Crippen molar-refractivity contribution < 1.29 is 14.3 Å². The van der Waals surface area contributed by atoms with Crippen molar-refractivity contribution in [3.63, 3.8) is 0 Å². The number of hydrogen-bond acceptors (Lipinski definition) is 2. The molecule has 1 N–H and O–H groups in total. The summed E-state index contributed by atoms with van der Waals surface area (Å²) in [5.74, 6) is -1.55. The van der Waals surface area contributed by atoms with E-state index in [0.29, 0.717) is 11.8 Å². The Labute approximate surface area is 94.0 Å². The van der Waals surface area contributed by atoms with Crippen LogP contribution in [0.1, 0.15) is 0 Å². The van der Waals surface area contributed by atoms with Crippen molar-refractivity contribution in [2.75, 3.05) is 0 Å². The van der Waals surface area contributed by atoms with Crippen LogP contribution >= 0.6 is 35.0 Å². The average Bonchev–Trinajstić information content (AvgIpc) is 2.11. The van der Waals surface area contributed by atoms with E-state index in [2.05, 4.69) is 0 Å². The van der Waals surface area contributed by atoms with Crippen LogP contribution in [0.15, 0.2) is 23.1 Å². The van der Waals surface area contributed by atoms with Crippen molar-refractivity contribution in [1.82, 2.24) is 0 Å². The summed E-state index contributed by atoms with van der Waals surface area (Å²) < 4.78 is 12.8. The minimum absolute atomic E-state index is 0.241. The molecule has 0 aromatic heterocycles. The van der Waals surface area contributed by atoms with Gasteiger partial charge in [-0.25, -0.2) is 9.18 Å². The maximum Gasteiger partial charge on any atom is 0.349 e. The SMILES string of the molecule is O=C(O)C(F)Sc1c(Cl)cccc1Cl. The number of thioether (sulfide) groups is 1. The largest absolute Gasteiger partial charge is 0.478 e. The number of alkyl halides is 1. The summed E-state index contributed by atoms with van der Waals surface area (Å²) in [6.07, 6.45) is 0. The lowest BCUT2D eigenvalue weighted by molar-refractivity contribution is -0.139. The molecule has 1 rings (SSSR count). The monoisotopic (exact) mass is 254 g/mol. The van der Waals surface area contributed by atoms with Gasteiger partial charge in [-0.15, -0.1) is 0 Å². The van der Waals surface area contributed by atoms with Gasteiger partial charge in [-0.05, 0) is 12.1 Å². The molecule has 1 aromatic carbocycles. The molecule has 0 aliphatic rings. The van der Waals surface area contributed by atoms with E-state index < -0.39 is 11.5 Å². The van der Waals surface area contributed by atoms with E-state index in [1.165, 1.54) is 12.1 Å². The number of benzene rings is 1. The second kappa shape index (κ2) is 4.87.